The predicted molar refractivity (Wildman–Crippen MR) is 109 cm³/mol. The first-order valence-corrected chi connectivity index (χ1v) is 9.15. The van der Waals surface area contributed by atoms with Gasteiger partial charge in [-0.25, -0.2) is 0 Å². The first kappa shape index (κ1) is 17.5. The van der Waals surface area contributed by atoms with Crippen LogP contribution in [0.25, 0.3) is 0 Å². The molecule has 0 atom stereocenters. The number of nitrogens with zero attached hydrogens (tertiary/aromatic N) is 2. The largest absolute Gasteiger partial charge is 0.495 e. The number of methoxy groups -OCH3 is 1. The Balaban J connectivity index is 1.57. The van der Waals surface area contributed by atoms with E-state index in [4.69, 9.17) is 17.0 Å². The lowest BCUT2D eigenvalue weighted by molar-refractivity contribution is 0.382. The van der Waals surface area contributed by atoms with E-state index < -0.39 is 0 Å². The molecule has 2 aromatic carbocycles. The predicted octanol–water partition coefficient (Wildman–Crippen LogP) is 3.78. The standard InChI is InChI=1S/C20H25N3OS/c1-3-16-8-10-17(11-9-16)21-20(25)23-14-12-22(13-15-23)18-6-4-5-7-19(18)24-2/h4-11H,3,12-15H2,1-2H3,(H,21,25). The average Bonchev–Trinajstić information content (AvgIpc) is 2.68. The van der Waals surface area contributed by atoms with E-state index in [-0.39, 0.29) is 0 Å². The van der Waals surface area contributed by atoms with Crippen LogP contribution in [0.2, 0.25) is 0 Å². The van der Waals surface area contributed by atoms with Crippen LogP contribution in [-0.2, 0) is 6.42 Å². The lowest BCUT2D eigenvalue weighted by Crippen LogP contribution is -2.50. The highest BCUT2D eigenvalue weighted by Crippen LogP contribution is 2.28. The van der Waals surface area contributed by atoms with Crippen LogP contribution in [0.5, 0.6) is 5.75 Å². The van der Waals surface area contributed by atoms with E-state index in [1.807, 2.05) is 12.1 Å². The van der Waals surface area contributed by atoms with Gasteiger partial charge in [0.1, 0.15) is 5.75 Å². The van der Waals surface area contributed by atoms with E-state index >= 15 is 0 Å². The Morgan fingerprint density at radius 3 is 2.36 bits per heavy atom. The lowest BCUT2D eigenvalue weighted by atomic mass is 10.1. The quantitative estimate of drug-likeness (QED) is 0.843. The first-order valence-electron chi connectivity index (χ1n) is 8.74. The van der Waals surface area contributed by atoms with E-state index in [0.29, 0.717) is 0 Å². The average molecular weight is 356 g/mol. The Labute approximate surface area is 155 Å². The van der Waals surface area contributed by atoms with E-state index in [1.54, 1.807) is 7.11 Å². The second-order valence-corrected chi connectivity index (χ2v) is 6.51. The molecule has 0 aliphatic carbocycles. The molecule has 2 aromatic rings. The molecule has 1 fully saturated rings. The van der Waals surface area contributed by atoms with Gasteiger partial charge in [0, 0.05) is 31.9 Å². The monoisotopic (exact) mass is 355 g/mol. The van der Waals surface area contributed by atoms with Gasteiger partial charge < -0.3 is 19.9 Å². The van der Waals surface area contributed by atoms with Gasteiger partial charge in [-0.1, -0.05) is 31.2 Å². The molecule has 1 N–H and O–H groups in total. The molecule has 5 heteroatoms. The smallest absolute Gasteiger partial charge is 0.173 e. The molecule has 0 saturated carbocycles. The third-order valence-electron chi connectivity index (χ3n) is 4.61. The van der Waals surface area contributed by atoms with Crippen molar-refractivity contribution in [1.29, 1.82) is 0 Å². The van der Waals surface area contributed by atoms with Gasteiger partial charge in [0.25, 0.3) is 0 Å². The Bertz CT molecular complexity index is 709. The molecule has 1 saturated heterocycles. The number of ether oxygens (including phenoxy) is 1. The number of para-hydroxylation sites is 2. The Morgan fingerprint density at radius 2 is 1.72 bits per heavy atom. The number of anilines is 2. The first-order chi connectivity index (χ1) is 12.2. The van der Waals surface area contributed by atoms with Gasteiger partial charge >= 0.3 is 0 Å². The number of hydrogen-bond acceptors (Lipinski definition) is 3. The maximum Gasteiger partial charge on any atom is 0.173 e. The van der Waals surface area contributed by atoms with E-state index in [2.05, 4.69) is 58.4 Å². The minimum atomic E-state index is 0.795. The third kappa shape index (κ3) is 4.23. The van der Waals surface area contributed by atoms with Crippen LogP contribution in [0, 0.1) is 0 Å². The summed E-state index contributed by atoms with van der Waals surface area (Å²) in [5, 5.41) is 4.15. The zero-order valence-corrected chi connectivity index (χ0v) is 15.7. The zero-order chi connectivity index (χ0) is 17.6. The fourth-order valence-corrected chi connectivity index (χ4v) is 3.37. The van der Waals surface area contributed by atoms with Crippen molar-refractivity contribution < 1.29 is 4.74 Å². The molecule has 132 valence electrons. The molecule has 0 unspecified atom stereocenters. The summed E-state index contributed by atoms with van der Waals surface area (Å²) in [6, 6.07) is 16.6. The van der Waals surface area contributed by atoms with Crippen molar-refractivity contribution in [3.8, 4) is 5.75 Å². The molecule has 3 rings (SSSR count). The minimum Gasteiger partial charge on any atom is -0.495 e. The second-order valence-electron chi connectivity index (χ2n) is 6.13. The van der Waals surface area contributed by atoms with Gasteiger partial charge in [-0.15, -0.1) is 0 Å². The number of aryl methyl sites for hydroxylation is 1. The number of nitrogens with one attached hydrogen (secondary N) is 1. The molecule has 0 spiro atoms. The van der Waals surface area contributed by atoms with Crippen molar-refractivity contribution in [2.75, 3.05) is 43.5 Å². The van der Waals surface area contributed by atoms with Gasteiger partial charge in [0.05, 0.1) is 12.8 Å². The summed E-state index contributed by atoms with van der Waals surface area (Å²) in [7, 11) is 1.72. The molecule has 0 radical (unpaired) electrons. The van der Waals surface area contributed by atoms with Crippen LogP contribution in [0.1, 0.15) is 12.5 Å². The summed E-state index contributed by atoms with van der Waals surface area (Å²) in [6.45, 7) is 5.82. The highest BCUT2D eigenvalue weighted by Gasteiger charge is 2.21. The van der Waals surface area contributed by atoms with Gasteiger partial charge in [-0.2, -0.15) is 0 Å². The van der Waals surface area contributed by atoms with Crippen molar-refractivity contribution >= 4 is 28.7 Å². The Kier molecular flexibility index (Phi) is 5.76. The molecule has 4 nitrogen and oxygen atoms in total. The van der Waals surface area contributed by atoms with Crippen LogP contribution < -0.4 is 15.0 Å². The maximum atomic E-state index is 5.59. The van der Waals surface area contributed by atoms with Gasteiger partial charge in [-0.05, 0) is 48.5 Å². The fourth-order valence-electron chi connectivity index (χ4n) is 3.07. The highest BCUT2D eigenvalue weighted by molar-refractivity contribution is 7.80. The molecule has 0 amide bonds. The molecule has 1 aliphatic rings. The molecule has 1 aliphatic heterocycles. The Hall–Kier alpha value is -2.27. The lowest BCUT2D eigenvalue weighted by Gasteiger charge is -2.37. The minimum absolute atomic E-state index is 0.795. The summed E-state index contributed by atoms with van der Waals surface area (Å²) >= 11 is 5.59. The Morgan fingerprint density at radius 1 is 1.04 bits per heavy atom. The molecule has 25 heavy (non-hydrogen) atoms. The summed E-state index contributed by atoms with van der Waals surface area (Å²) < 4.78 is 5.48. The highest BCUT2D eigenvalue weighted by atomic mass is 32.1. The second kappa shape index (κ2) is 8.21. The third-order valence-corrected chi connectivity index (χ3v) is 4.97. The van der Waals surface area contributed by atoms with Crippen LogP contribution in [0.15, 0.2) is 48.5 Å². The molecular formula is C20H25N3OS. The molecular weight excluding hydrogens is 330 g/mol. The van der Waals surface area contributed by atoms with E-state index in [9.17, 15) is 0 Å². The van der Waals surface area contributed by atoms with Crippen LogP contribution >= 0.6 is 12.2 Å². The normalized spacial score (nSPS) is 14.3. The van der Waals surface area contributed by atoms with Gasteiger partial charge in [0.2, 0.25) is 0 Å². The summed E-state index contributed by atoms with van der Waals surface area (Å²) in [6.07, 6.45) is 1.05. The number of rotatable bonds is 4. The van der Waals surface area contributed by atoms with Crippen molar-refractivity contribution in [3.63, 3.8) is 0 Å². The zero-order valence-electron chi connectivity index (χ0n) is 14.9. The van der Waals surface area contributed by atoms with Crippen LogP contribution in [-0.4, -0.2) is 43.3 Å². The van der Waals surface area contributed by atoms with Crippen LogP contribution in [0.4, 0.5) is 11.4 Å². The van der Waals surface area contributed by atoms with E-state index in [1.165, 1.54) is 5.56 Å². The van der Waals surface area contributed by atoms with Crippen molar-refractivity contribution in [2.24, 2.45) is 0 Å². The number of piperazine rings is 1. The van der Waals surface area contributed by atoms with Crippen molar-refractivity contribution in [2.45, 2.75) is 13.3 Å². The number of hydrogen-bond donors (Lipinski definition) is 1. The van der Waals surface area contributed by atoms with Crippen LogP contribution in [0.3, 0.4) is 0 Å². The van der Waals surface area contributed by atoms with Gasteiger partial charge in [0.15, 0.2) is 5.11 Å². The fraction of sp³-hybridized carbons (Fsp3) is 0.350. The van der Waals surface area contributed by atoms with Gasteiger partial charge in [-0.3, -0.25) is 0 Å². The number of thiocarbonyl (C=S) groups is 1. The molecule has 1 heterocycles. The SMILES string of the molecule is CCc1ccc(NC(=S)N2CCN(c3ccccc3OC)CC2)cc1. The summed E-state index contributed by atoms with van der Waals surface area (Å²) in [5.74, 6) is 0.924. The molecule has 0 aromatic heterocycles. The van der Waals surface area contributed by atoms with Crippen molar-refractivity contribution in [3.05, 3.63) is 54.1 Å². The van der Waals surface area contributed by atoms with E-state index in [0.717, 1.165) is 54.8 Å². The summed E-state index contributed by atoms with van der Waals surface area (Å²) in [4.78, 5) is 4.59. The summed E-state index contributed by atoms with van der Waals surface area (Å²) in [5.41, 5.74) is 3.54. The molecule has 0 bridgehead atoms. The number of benzene rings is 2. The maximum absolute atomic E-state index is 5.59. The topological polar surface area (TPSA) is 27.7 Å². The van der Waals surface area contributed by atoms with Crippen molar-refractivity contribution in [1.82, 2.24) is 4.90 Å².